The second kappa shape index (κ2) is 2.64. The van der Waals surface area contributed by atoms with Crippen molar-refractivity contribution in [1.82, 2.24) is 0 Å². The van der Waals surface area contributed by atoms with Gasteiger partial charge in [0.2, 0.25) is 6.20 Å². The molecule has 0 saturated heterocycles. The van der Waals surface area contributed by atoms with Gasteiger partial charge in [-0.25, -0.2) is 0 Å². The van der Waals surface area contributed by atoms with Crippen molar-refractivity contribution in [3.8, 4) is 0 Å². The number of nitrogens with zero attached hydrogens (tertiary/aromatic N) is 1. The summed E-state index contributed by atoms with van der Waals surface area (Å²) >= 11 is 5.90. The van der Waals surface area contributed by atoms with Crippen LogP contribution in [0.1, 0.15) is 0 Å². The molecule has 0 bridgehead atoms. The Morgan fingerprint density at radius 1 is 1.17 bits per heavy atom. The van der Waals surface area contributed by atoms with Crippen LogP contribution in [0.15, 0.2) is 36.5 Å². The first-order valence-electron chi connectivity index (χ1n) is 3.57. The predicted molar refractivity (Wildman–Crippen MR) is 46.3 cm³/mol. The van der Waals surface area contributed by atoms with Crippen molar-refractivity contribution in [2.45, 2.75) is 0 Å². The molecule has 0 saturated carbocycles. The van der Waals surface area contributed by atoms with Crippen molar-refractivity contribution < 1.29 is 9.94 Å². The summed E-state index contributed by atoms with van der Waals surface area (Å²) in [5.41, 5.74) is 0.713. The van der Waals surface area contributed by atoms with E-state index >= 15 is 0 Å². The van der Waals surface area contributed by atoms with E-state index in [1.807, 2.05) is 6.07 Å². The van der Waals surface area contributed by atoms with Gasteiger partial charge in [0.05, 0.1) is 10.4 Å². The van der Waals surface area contributed by atoms with Gasteiger partial charge in [0.15, 0.2) is 0 Å². The van der Waals surface area contributed by atoms with Gasteiger partial charge in [-0.2, -0.15) is 0 Å². The van der Waals surface area contributed by atoms with Gasteiger partial charge in [-0.3, -0.25) is 5.21 Å². The molecule has 0 atom stereocenters. The monoisotopic (exact) mass is 180 g/mol. The molecule has 1 aromatic carbocycles. The molecule has 3 heteroatoms. The van der Waals surface area contributed by atoms with Crippen LogP contribution < -0.4 is 4.73 Å². The smallest absolute Gasteiger partial charge is 0.265 e. The van der Waals surface area contributed by atoms with Crippen LogP contribution >= 0.6 is 11.6 Å². The van der Waals surface area contributed by atoms with Gasteiger partial charge in [0.25, 0.3) is 5.52 Å². The van der Waals surface area contributed by atoms with Crippen LogP contribution in [0.25, 0.3) is 10.9 Å². The summed E-state index contributed by atoms with van der Waals surface area (Å²) in [5, 5.41) is 10.9. The van der Waals surface area contributed by atoms with Crippen LogP contribution in [0.3, 0.4) is 0 Å². The molecule has 0 radical (unpaired) electrons. The van der Waals surface area contributed by atoms with Gasteiger partial charge in [0.1, 0.15) is 0 Å². The van der Waals surface area contributed by atoms with Crippen LogP contribution in [0.4, 0.5) is 0 Å². The van der Waals surface area contributed by atoms with E-state index in [1.54, 1.807) is 30.5 Å². The van der Waals surface area contributed by atoms with Crippen LogP contribution in [0.5, 0.6) is 0 Å². The van der Waals surface area contributed by atoms with E-state index in [2.05, 4.69) is 0 Å². The lowest BCUT2D eigenvalue weighted by atomic mass is 10.2. The van der Waals surface area contributed by atoms with Crippen LogP contribution in [-0.4, -0.2) is 5.21 Å². The van der Waals surface area contributed by atoms with Gasteiger partial charge in [-0.05, 0) is 12.1 Å². The zero-order valence-corrected chi connectivity index (χ0v) is 6.99. The van der Waals surface area contributed by atoms with E-state index in [0.717, 1.165) is 10.1 Å². The summed E-state index contributed by atoms with van der Waals surface area (Å²) < 4.78 is 1.06. The molecule has 0 aliphatic carbocycles. The largest absolute Gasteiger partial charge is 0.285 e. The summed E-state index contributed by atoms with van der Waals surface area (Å²) in [6.45, 7) is 0. The van der Waals surface area contributed by atoms with E-state index in [9.17, 15) is 5.21 Å². The van der Waals surface area contributed by atoms with Gasteiger partial charge in [-0.1, -0.05) is 17.7 Å². The maximum atomic E-state index is 9.35. The first kappa shape index (κ1) is 7.37. The molecule has 1 N–H and O–H groups in total. The zero-order chi connectivity index (χ0) is 8.55. The topological polar surface area (TPSA) is 24.1 Å². The summed E-state index contributed by atoms with van der Waals surface area (Å²) in [4.78, 5) is 0. The van der Waals surface area contributed by atoms with Gasteiger partial charge in [-0.15, -0.1) is 0 Å². The highest BCUT2D eigenvalue weighted by molar-refractivity contribution is 6.35. The second-order valence-electron chi connectivity index (χ2n) is 2.53. The van der Waals surface area contributed by atoms with Crippen molar-refractivity contribution in [2.24, 2.45) is 0 Å². The fraction of sp³-hybridized carbons (Fsp3) is 0. The standard InChI is InChI=1S/C9H7ClNO/c10-8-4-1-5-9-7(8)3-2-6-11(9)12/h1-6,12H/q+1. The summed E-state index contributed by atoms with van der Waals surface area (Å²) in [5.74, 6) is 0. The van der Waals surface area contributed by atoms with E-state index in [0.29, 0.717) is 10.5 Å². The molecule has 0 aliphatic heterocycles. The van der Waals surface area contributed by atoms with Crippen molar-refractivity contribution in [3.05, 3.63) is 41.6 Å². The van der Waals surface area contributed by atoms with Gasteiger partial charge < -0.3 is 0 Å². The van der Waals surface area contributed by atoms with Crippen LogP contribution in [-0.2, 0) is 0 Å². The molecule has 1 heterocycles. The molecule has 2 rings (SSSR count). The molecule has 0 fully saturated rings. The summed E-state index contributed by atoms with van der Waals surface area (Å²) in [6, 6.07) is 9.01. The minimum atomic E-state index is 0.649. The number of pyridine rings is 1. The molecule has 12 heavy (non-hydrogen) atoms. The molecule has 2 nitrogen and oxygen atoms in total. The maximum Gasteiger partial charge on any atom is 0.265 e. The maximum absolute atomic E-state index is 9.35. The predicted octanol–water partition coefficient (Wildman–Crippen LogP) is 2.02. The Bertz CT molecular complexity index is 387. The molecule has 0 aliphatic rings. The molecular formula is C9H7ClNO+. The highest BCUT2D eigenvalue weighted by Gasteiger charge is 2.07. The summed E-state index contributed by atoms with van der Waals surface area (Å²) in [7, 11) is 0. The minimum Gasteiger partial charge on any atom is -0.285 e. The normalized spacial score (nSPS) is 10.4. The highest BCUT2D eigenvalue weighted by Crippen LogP contribution is 2.19. The molecule has 0 spiro atoms. The molecule has 60 valence electrons. The average Bonchev–Trinajstić information content (AvgIpc) is 2.07. The van der Waals surface area contributed by atoms with Crippen molar-refractivity contribution in [2.75, 3.05) is 0 Å². The van der Waals surface area contributed by atoms with Gasteiger partial charge >= 0.3 is 0 Å². The SMILES string of the molecule is O[n+]1cccc2c(Cl)cccc21. The second-order valence-corrected chi connectivity index (χ2v) is 2.93. The average molecular weight is 181 g/mol. The summed E-state index contributed by atoms with van der Waals surface area (Å²) in [6.07, 6.45) is 1.57. The van der Waals surface area contributed by atoms with Crippen molar-refractivity contribution in [1.29, 1.82) is 0 Å². The number of aromatic nitrogens is 1. The van der Waals surface area contributed by atoms with Crippen molar-refractivity contribution in [3.63, 3.8) is 0 Å². The third-order valence-corrected chi connectivity index (χ3v) is 2.10. The number of hydrogen-bond donors (Lipinski definition) is 1. The zero-order valence-electron chi connectivity index (χ0n) is 6.24. The van der Waals surface area contributed by atoms with Crippen molar-refractivity contribution >= 4 is 22.5 Å². The quantitative estimate of drug-likeness (QED) is 0.487. The fourth-order valence-corrected chi connectivity index (χ4v) is 1.42. The molecule has 0 unspecified atom stereocenters. The lowest BCUT2D eigenvalue weighted by molar-refractivity contribution is -0.884. The number of fused-ring (bicyclic) bond motifs is 1. The Hall–Kier alpha value is -1.28. The Balaban J connectivity index is 2.94. The Morgan fingerprint density at radius 3 is 2.75 bits per heavy atom. The minimum absolute atomic E-state index is 0.649. The lowest BCUT2D eigenvalue weighted by Crippen LogP contribution is -2.29. The first-order valence-corrected chi connectivity index (χ1v) is 3.95. The number of hydrogen-bond acceptors (Lipinski definition) is 1. The highest BCUT2D eigenvalue weighted by atomic mass is 35.5. The van der Waals surface area contributed by atoms with E-state index in [4.69, 9.17) is 11.6 Å². The van der Waals surface area contributed by atoms with E-state index < -0.39 is 0 Å². The Labute approximate surface area is 74.6 Å². The third kappa shape index (κ3) is 1.01. The van der Waals surface area contributed by atoms with Gasteiger partial charge in [0, 0.05) is 16.9 Å². The Kier molecular flexibility index (Phi) is 1.62. The number of benzene rings is 1. The lowest BCUT2D eigenvalue weighted by Gasteiger charge is -1.94. The third-order valence-electron chi connectivity index (χ3n) is 1.77. The van der Waals surface area contributed by atoms with E-state index in [-0.39, 0.29) is 0 Å². The molecular weight excluding hydrogens is 174 g/mol. The fourth-order valence-electron chi connectivity index (χ4n) is 1.19. The molecule has 0 amide bonds. The Morgan fingerprint density at radius 2 is 2.00 bits per heavy atom. The molecule has 1 aromatic heterocycles. The van der Waals surface area contributed by atoms with Crippen LogP contribution in [0, 0.1) is 0 Å². The number of halogens is 1. The number of rotatable bonds is 0. The van der Waals surface area contributed by atoms with E-state index in [1.165, 1.54) is 0 Å². The van der Waals surface area contributed by atoms with Crippen LogP contribution in [0.2, 0.25) is 5.02 Å². The first-order chi connectivity index (χ1) is 5.79. The molecule has 2 aromatic rings.